The number of nitrogens with zero attached hydrogens (tertiary/aromatic N) is 4. The second-order valence-electron chi connectivity index (χ2n) is 6.47. The minimum Gasteiger partial charge on any atom is -0.383 e. The van der Waals surface area contributed by atoms with Gasteiger partial charge in [0.1, 0.15) is 5.82 Å². The average Bonchev–Trinajstić information content (AvgIpc) is 3.43. The highest BCUT2D eigenvalue weighted by atomic mass is 35.5. The van der Waals surface area contributed by atoms with Crippen LogP contribution < -0.4 is 10.6 Å². The maximum atomic E-state index is 6.29. The number of rotatable bonds is 3. The van der Waals surface area contributed by atoms with Gasteiger partial charge in [0, 0.05) is 54.6 Å². The number of piperazine rings is 1. The summed E-state index contributed by atoms with van der Waals surface area (Å²) in [6.07, 6.45) is 4.36. The predicted molar refractivity (Wildman–Crippen MR) is 104 cm³/mol. The highest BCUT2D eigenvalue weighted by molar-refractivity contribution is 6.45. The van der Waals surface area contributed by atoms with Crippen LogP contribution in [0.4, 0.5) is 11.8 Å². The molecule has 1 saturated heterocycles. The van der Waals surface area contributed by atoms with Crippen molar-refractivity contribution in [2.75, 3.05) is 36.8 Å². The van der Waals surface area contributed by atoms with Crippen molar-refractivity contribution in [3.05, 3.63) is 33.4 Å². The summed E-state index contributed by atoms with van der Waals surface area (Å²) in [5, 5.41) is 1.26. The van der Waals surface area contributed by atoms with E-state index < -0.39 is 0 Å². The number of nitrogens with two attached hydrogens (primary N) is 1. The van der Waals surface area contributed by atoms with Crippen LogP contribution in [-0.4, -0.2) is 47.1 Å². The molecule has 2 aliphatic rings. The van der Waals surface area contributed by atoms with Gasteiger partial charge in [0.25, 0.3) is 0 Å². The first kappa shape index (κ1) is 17.2. The first-order valence-electron chi connectivity index (χ1n) is 8.29. The fourth-order valence-electron chi connectivity index (χ4n) is 3.22. The van der Waals surface area contributed by atoms with E-state index in [0.717, 1.165) is 32.2 Å². The van der Waals surface area contributed by atoms with Gasteiger partial charge < -0.3 is 10.6 Å². The minimum atomic E-state index is 0.370. The van der Waals surface area contributed by atoms with Crippen molar-refractivity contribution in [3.8, 4) is 11.1 Å². The topological polar surface area (TPSA) is 58.3 Å². The molecule has 8 heteroatoms. The summed E-state index contributed by atoms with van der Waals surface area (Å²) in [5.74, 6) is 1.02. The number of benzene rings is 1. The van der Waals surface area contributed by atoms with Gasteiger partial charge >= 0.3 is 0 Å². The van der Waals surface area contributed by atoms with Crippen LogP contribution in [0.2, 0.25) is 15.1 Å². The summed E-state index contributed by atoms with van der Waals surface area (Å²) in [4.78, 5) is 13.7. The van der Waals surface area contributed by atoms with E-state index >= 15 is 0 Å². The Morgan fingerprint density at radius 1 is 1.00 bits per heavy atom. The number of nitrogen functional groups attached to an aromatic ring is 1. The minimum absolute atomic E-state index is 0.370. The zero-order valence-corrected chi connectivity index (χ0v) is 15.8. The van der Waals surface area contributed by atoms with Gasteiger partial charge in [-0.05, 0) is 25.0 Å². The number of anilines is 2. The molecule has 1 aliphatic carbocycles. The van der Waals surface area contributed by atoms with Crippen molar-refractivity contribution in [3.63, 3.8) is 0 Å². The van der Waals surface area contributed by atoms with Gasteiger partial charge in [-0.25, -0.2) is 4.98 Å². The lowest BCUT2D eigenvalue weighted by molar-refractivity contribution is 0.247. The molecule has 0 spiro atoms. The van der Waals surface area contributed by atoms with Crippen molar-refractivity contribution in [2.24, 2.45) is 0 Å². The summed E-state index contributed by atoms with van der Waals surface area (Å²) in [7, 11) is 0. The average molecular weight is 399 g/mol. The smallest absolute Gasteiger partial charge is 0.227 e. The third-order valence-corrected chi connectivity index (χ3v) is 5.77. The van der Waals surface area contributed by atoms with Gasteiger partial charge in [-0.2, -0.15) is 4.98 Å². The monoisotopic (exact) mass is 397 g/mol. The van der Waals surface area contributed by atoms with Gasteiger partial charge in [0.05, 0.1) is 10.0 Å². The third-order valence-electron chi connectivity index (χ3n) is 4.75. The molecule has 2 fully saturated rings. The van der Waals surface area contributed by atoms with Crippen LogP contribution in [0.3, 0.4) is 0 Å². The molecule has 0 unspecified atom stereocenters. The molecule has 4 rings (SSSR count). The summed E-state index contributed by atoms with van der Waals surface area (Å²) < 4.78 is 0. The van der Waals surface area contributed by atoms with E-state index in [0.29, 0.717) is 38.0 Å². The number of aromatic nitrogens is 2. The Balaban J connectivity index is 1.57. The Hall–Kier alpha value is -1.27. The summed E-state index contributed by atoms with van der Waals surface area (Å²) in [5.41, 5.74) is 7.46. The SMILES string of the molecule is Nc1nc(N2CCN(C3CC3)CC2)ncc1-c1cc(Cl)cc(Cl)c1Cl. The lowest BCUT2D eigenvalue weighted by Crippen LogP contribution is -2.47. The molecule has 2 heterocycles. The van der Waals surface area contributed by atoms with E-state index in [1.54, 1.807) is 18.3 Å². The van der Waals surface area contributed by atoms with Crippen LogP contribution in [0, 0.1) is 0 Å². The molecule has 1 aromatic heterocycles. The molecule has 25 heavy (non-hydrogen) atoms. The summed E-state index contributed by atoms with van der Waals surface area (Å²) in [6, 6.07) is 4.11. The predicted octanol–water partition coefficient (Wildman–Crippen LogP) is 3.97. The summed E-state index contributed by atoms with van der Waals surface area (Å²) in [6.45, 7) is 3.93. The molecular formula is C17H18Cl3N5. The molecule has 2 N–H and O–H groups in total. The number of hydrogen-bond acceptors (Lipinski definition) is 5. The Morgan fingerprint density at radius 3 is 2.36 bits per heavy atom. The molecule has 0 atom stereocenters. The van der Waals surface area contributed by atoms with Crippen molar-refractivity contribution in [2.45, 2.75) is 18.9 Å². The Bertz CT molecular complexity index is 801. The molecule has 0 amide bonds. The second-order valence-corrected chi connectivity index (χ2v) is 7.69. The van der Waals surface area contributed by atoms with Crippen LogP contribution in [-0.2, 0) is 0 Å². The van der Waals surface area contributed by atoms with Crippen LogP contribution in [0.25, 0.3) is 11.1 Å². The van der Waals surface area contributed by atoms with E-state index in [2.05, 4.69) is 19.8 Å². The third kappa shape index (κ3) is 3.51. The Morgan fingerprint density at radius 2 is 1.72 bits per heavy atom. The van der Waals surface area contributed by atoms with E-state index in [1.165, 1.54) is 12.8 Å². The van der Waals surface area contributed by atoms with E-state index in [-0.39, 0.29) is 0 Å². The van der Waals surface area contributed by atoms with Gasteiger partial charge in [-0.1, -0.05) is 34.8 Å². The largest absolute Gasteiger partial charge is 0.383 e. The van der Waals surface area contributed by atoms with Crippen LogP contribution in [0.1, 0.15) is 12.8 Å². The fourth-order valence-corrected chi connectivity index (χ4v) is 3.93. The first-order chi connectivity index (χ1) is 12.0. The van der Waals surface area contributed by atoms with Gasteiger partial charge in [-0.15, -0.1) is 0 Å². The van der Waals surface area contributed by atoms with Crippen molar-refractivity contribution in [1.29, 1.82) is 0 Å². The van der Waals surface area contributed by atoms with Crippen LogP contribution in [0.5, 0.6) is 0 Å². The zero-order chi connectivity index (χ0) is 17.6. The van der Waals surface area contributed by atoms with Gasteiger partial charge in [-0.3, -0.25) is 4.90 Å². The maximum absolute atomic E-state index is 6.29. The molecule has 132 valence electrons. The Labute approximate surface area is 161 Å². The first-order valence-corrected chi connectivity index (χ1v) is 9.43. The van der Waals surface area contributed by atoms with Crippen molar-refractivity contribution < 1.29 is 0 Å². The highest BCUT2D eigenvalue weighted by Crippen LogP contribution is 2.38. The Kier molecular flexibility index (Phi) is 4.67. The molecule has 5 nitrogen and oxygen atoms in total. The molecule has 1 aliphatic heterocycles. The summed E-state index contributed by atoms with van der Waals surface area (Å²) >= 11 is 18.5. The normalized spacial score (nSPS) is 18.6. The van der Waals surface area contributed by atoms with Gasteiger partial charge in [0.2, 0.25) is 5.95 Å². The standard InChI is InChI=1S/C17H18Cl3N5/c18-10-7-12(15(20)14(19)8-10)13-9-22-17(23-16(13)21)25-5-3-24(4-6-25)11-1-2-11/h7-9,11H,1-6H2,(H2,21,22,23). The zero-order valence-electron chi connectivity index (χ0n) is 13.6. The lowest BCUT2D eigenvalue weighted by atomic mass is 10.1. The van der Waals surface area contributed by atoms with Crippen LogP contribution in [0.15, 0.2) is 18.3 Å². The molecule has 0 bridgehead atoms. The quantitative estimate of drug-likeness (QED) is 0.793. The van der Waals surface area contributed by atoms with E-state index in [1.807, 2.05) is 0 Å². The maximum Gasteiger partial charge on any atom is 0.227 e. The van der Waals surface area contributed by atoms with Gasteiger partial charge in [0.15, 0.2) is 0 Å². The second kappa shape index (κ2) is 6.80. The van der Waals surface area contributed by atoms with Crippen LogP contribution >= 0.6 is 34.8 Å². The van der Waals surface area contributed by atoms with Crippen molar-refractivity contribution >= 4 is 46.6 Å². The number of hydrogen-bond donors (Lipinski definition) is 1. The van der Waals surface area contributed by atoms with E-state index in [4.69, 9.17) is 40.5 Å². The molecule has 1 saturated carbocycles. The number of halogens is 3. The lowest BCUT2D eigenvalue weighted by Gasteiger charge is -2.34. The van der Waals surface area contributed by atoms with Crippen molar-refractivity contribution in [1.82, 2.24) is 14.9 Å². The fraction of sp³-hybridized carbons (Fsp3) is 0.412. The molecule has 0 radical (unpaired) electrons. The molecule has 1 aromatic carbocycles. The highest BCUT2D eigenvalue weighted by Gasteiger charge is 2.31. The van der Waals surface area contributed by atoms with E-state index in [9.17, 15) is 0 Å². The molecular weight excluding hydrogens is 381 g/mol. The molecule has 2 aromatic rings.